The van der Waals surface area contributed by atoms with E-state index in [9.17, 15) is 0 Å². The molecule has 3 aromatic carbocycles. The molecule has 3 heteroatoms. The van der Waals surface area contributed by atoms with E-state index in [-0.39, 0.29) is 6.17 Å². The lowest BCUT2D eigenvalue weighted by molar-refractivity contribution is 0.568. The Bertz CT molecular complexity index is 978. The van der Waals surface area contributed by atoms with Crippen LogP contribution < -0.4 is 4.90 Å². The smallest absolute Gasteiger partial charge is 0.126 e. The molecule has 1 unspecified atom stereocenters. The average molecular weight is 345 g/mol. The van der Waals surface area contributed by atoms with Crippen molar-refractivity contribution in [2.75, 3.05) is 4.90 Å². The van der Waals surface area contributed by atoms with Gasteiger partial charge in [0.1, 0.15) is 6.17 Å². The van der Waals surface area contributed by atoms with Crippen LogP contribution in [-0.2, 0) is 13.0 Å². The maximum absolute atomic E-state index is 6.31. The monoisotopic (exact) mass is 344 g/mol. The molecule has 0 amide bonds. The molecule has 2 nitrogen and oxygen atoms in total. The third-order valence-electron chi connectivity index (χ3n) is 5.07. The van der Waals surface area contributed by atoms with E-state index < -0.39 is 0 Å². The van der Waals surface area contributed by atoms with Crippen LogP contribution in [-0.4, -0.2) is 11.9 Å². The molecule has 0 radical (unpaired) electrons. The lowest BCUT2D eigenvalue weighted by Crippen LogP contribution is -2.43. The number of nitrogens with zero attached hydrogens (tertiary/aromatic N) is 2. The molecule has 122 valence electrons. The van der Waals surface area contributed by atoms with Crippen molar-refractivity contribution in [1.82, 2.24) is 0 Å². The molecule has 25 heavy (non-hydrogen) atoms. The van der Waals surface area contributed by atoms with E-state index >= 15 is 0 Å². The van der Waals surface area contributed by atoms with Crippen LogP contribution in [0.15, 0.2) is 77.8 Å². The van der Waals surface area contributed by atoms with Crippen molar-refractivity contribution in [3.63, 3.8) is 0 Å². The Morgan fingerprint density at radius 2 is 1.64 bits per heavy atom. The first-order chi connectivity index (χ1) is 12.3. The summed E-state index contributed by atoms with van der Waals surface area (Å²) in [5, 5.41) is 0.748. The molecule has 0 bridgehead atoms. The zero-order valence-electron chi connectivity index (χ0n) is 13.7. The molecular formula is C22H17ClN2. The number of hydrogen-bond donors (Lipinski definition) is 0. The second-order valence-electron chi connectivity index (χ2n) is 6.59. The van der Waals surface area contributed by atoms with Gasteiger partial charge in [0.05, 0.1) is 5.71 Å². The predicted molar refractivity (Wildman–Crippen MR) is 104 cm³/mol. The normalized spacial score (nSPS) is 18.0. The van der Waals surface area contributed by atoms with Gasteiger partial charge in [0.15, 0.2) is 0 Å². The summed E-state index contributed by atoms with van der Waals surface area (Å²) in [7, 11) is 0. The molecule has 0 aliphatic carbocycles. The summed E-state index contributed by atoms with van der Waals surface area (Å²) >= 11 is 6.31. The summed E-state index contributed by atoms with van der Waals surface area (Å²) in [6.07, 6.45) is 1.08. The Balaban J connectivity index is 1.69. The molecule has 0 fully saturated rings. The van der Waals surface area contributed by atoms with Gasteiger partial charge in [0, 0.05) is 34.8 Å². The second kappa shape index (κ2) is 5.75. The van der Waals surface area contributed by atoms with Gasteiger partial charge in [0.25, 0.3) is 0 Å². The first-order valence-electron chi connectivity index (χ1n) is 8.56. The minimum absolute atomic E-state index is 0.138. The van der Waals surface area contributed by atoms with Crippen molar-refractivity contribution in [3.05, 3.63) is 100 Å². The third-order valence-corrected chi connectivity index (χ3v) is 5.30. The molecular weight excluding hydrogens is 328 g/mol. The van der Waals surface area contributed by atoms with Crippen LogP contribution in [0.1, 0.15) is 22.3 Å². The van der Waals surface area contributed by atoms with E-state index in [4.69, 9.17) is 16.6 Å². The van der Waals surface area contributed by atoms with Crippen molar-refractivity contribution in [3.8, 4) is 0 Å². The van der Waals surface area contributed by atoms with E-state index in [0.29, 0.717) is 0 Å². The molecule has 5 rings (SSSR count). The standard InChI is InChI=1S/C22H17ClN2/c23-18-10-11-20-19(13-18)22(15-6-2-1-3-7-15)24-21-12-16-8-4-5-9-17(16)14-25(20)21/h1-11,13,21H,12,14H2. The largest absolute Gasteiger partial charge is 0.344 e. The van der Waals surface area contributed by atoms with Gasteiger partial charge < -0.3 is 4.90 Å². The Hall–Kier alpha value is -2.58. The van der Waals surface area contributed by atoms with Crippen LogP contribution in [0.2, 0.25) is 5.02 Å². The molecule has 2 aliphatic heterocycles. The summed E-state index contributed by atoms with van der Waals surface area (Å²) in [4.78, 5) is 7.54. The minimum Gasteiger partial charge on any atom is -0.344 e. The zero-order chi connectivity index (χ0) is 16.8. The van der Waals surface area contributed by atoms with Crippen LogP contribution in [0.25, 0.3) is 0 Å². The van der Waals surface area contributed by atoms with Crippen LogP contribution in [0, 0.1) is 0 Å². The van der Waals surface area contributed by atoms with E-state index in [1.807, 2.05) is 18.2 Å². The topological polar surface area (TPSA) is 15.6 Å². The Morgan fingerprint density at radius 3 is 2.48 bits per heavy atom. The van der Waals surface area contributed by atoms with Gasteiger partial charge in [-0.2, -0.15) is 0 Å². The number of benzene rings is 3. The molecule has 2 aliphatic rings. The van der Waals surface area contributed by atoms with Crippen LogP contribution in [0.3, 0.4) is 0 Å². The van der Waals surface area contributed by atoms with E-state index in [1.54, 1.807) is 0 Å². The zero-order valence-corrected chi connectivity index (χ0v) is 14.4. The fourth-order valence-corrected chi connectivity index (χ4v) is 4.03. The highest BCUT2D eigenvalue weighted by molar-refractivity contribution is 6.31. The SMILES string of the molecule is Clc1ccc2c(c1)C(c1ccccc1)=NC1Cc3ccccc3CN21. The van der Waals surface area contributed by atoms with Crippen molar-refractivity contribution < 1.29 is 0 Å². The summed E-state index contributed by atoms with van der Waals surface area (Å²) in [5.74, 6) is 0. The van der Waals surface area contributed by atoms with Crippen molar-refractivity contribution in [2.45, 2.75) is 19.1 Å². The highest BCUT2D eigenvalue weighted by Gasteiger charge is 2.32. The van der Waals surface area contributed by atoms with Crippen molar-refractivity contribution >= 4 is 23.0 Å². The molecule has 2 heterocycles. The number of aliphatic imine (C=N–C) groups is 1. The molecule has 0 spiro atoms. The summed E-state index contributed by atoms with van der Waals surface area (Å²) in [6.45, 7) is 0.890. The fraction of sp³-hybridized carbons (Fsp3) is 0.136. The van der Waals surface area contributed by atoms with Crippen LogP contribution >= 0.6 is 11.6 Å². The average Bonchev–Trinajstić information content (AvgIpc) is 2.66. The number of rotatable bonds is 1. The maximum atomic E-state index is 6.31. The highest BCUT2D eigenvalue weighted by atomic mass is 35.5. The lowest BCUT2D eigenvalue weighted by atomic mass is 9.92. The minimum atomic E-state index is 0.138. The Morgan fingerprint density at radius 1 is 0.880 bits per heavy atom. The highest BCUT2D eigenvalue weighted by Crippen LogP contribution is 2.37. The number of anilines is 1. The third kappa shape index (κ3) is 2.45. The number of fused-ring (bicyclic) bond motifs is 4. The fourth-order valence-electron chi connectivity index (χ4n) is 3.86. The summed E-state index contributed by atoms with van der Waals surface area (Å²) in [5.41, 5.74) is 7.31. The van der Waals surface area contributed by atoms with Crippen LogP contribution in [0.4, 0.5) is 5.69 Å². The predicted octanol–water partition coefficient (Wildman–Crippen LogP) is 5.08. The first kappa shape index (κ1) is 14.7. The van der Waals surface area contributed by atoms with Crippen LogP contribution in [0.5, 0.6) is 0 Å². The van der Waals surface area contributed by atoms with Crippen molar-refractivity contribution in [1.29, 1.82) is 0 Å². The van der Waals surface area contributed by atoms with Gasteiger partial charge in [-0.3, -0.25) is 4.99 Å². The van der Waals surface area contributed by atoms with Gasteiger partial charge in [-0.25, -0.2) is 0 Å². The van der Waals surface area contributed by atoms with E-state index in [1.165, 1.54) is 16.8 Å². The summed E-state index contributed by atoms with van der Waals surface area (Å²) in [6, 6.07) is 25.2. The van der Waals surface area contributed by atoms with E-state index in [0.717, 1.165) is 34.8 Å². The summed E-state index contributed by atoms with van der Waals surface area (Å²) < 4.78 is 0. The lowest BCUT2D eigenvalue weighted by Gasteiger charge is -2.41. The Kier molecular flexibility index (Phi) is 3.39. The molecule has 0 N–H and O–H groups in total. The molecule has 0 aromatic heterocycles. The molecule has 3 aromatic rings. The number of halogens is 1. The van der Waals surface area contributed by atoms with Crippen molar-refractivity contribution in [2.24, 2.45) is 4.99 Å². The Labute approximate surface area is 152 Å². The van der Waals surface area contributed by atoms with Gasteiger partial charge in [-0.1, -0.05) is 66.2 Å². The molecule has 0 saturated carbocycles. The quantitative estimate of drug-likeness (QED) is 0.601. The maximum Gasteiger partial charge on any atom is 0.126 e. The number of hydrogen-bond acceptors (Lipinski definition) is 2. The molecule has 0 saturated heterocycles. The van der Waals surface area contributed by atoms with Gasteiger partial charge in [-0.15, -0.1) is 0 Å². The molecule has 1 atom stereocenters. The van der Waals surface area contributed by atoms with Gasteiger partial charge in [0.2, 0.25) is 0 Å². The first-order valence-corrected chi connectivity index (χ1v) is 8.94. The second-order valence-corrected chi connectivity index (χ2v) is 7.02. The van der Waals surface area contributed by atoms with Gasteiger partial charge >= 0.3 is 0 Å². The van der Waals surface area contributed by atoms with E-state index in [2.05, 4.69) is 59.5 Å². The van der Waals surface area contributed by atoms with Gasteiger partial charge in [-0.05, 0) is 29.3 Å².